The summed E-state index contributed by atoms with van der Waals surface area (Å²) < 4.78 is 32.0. The monoisotopic (exact) mass is 309 g/mol. The molecule has 114 valence electrons. The van der Waals surface area contributed by atoms with E-state index in [4.69, 9.17) is 10.3 Å². The van der Waals surface area contributed by atoms with Gasteiger partial charge >= 0.3 is 0 Å². The van der Waals surface area contributed by atoms with Crippen LogP contribution in [0.4, 0.5) is 0 Å². The largest absolute Gasteiger partial charge is 0.360 e. The molecule has 0 amide bonds. The van der Waals surface area contributed by atoms with Crippen LogP contribution in [0.25, 0.3) is 0 Å². The van der Waals surface area contributed by atoms with Gasteiger partial charge in [-0.3, -0.25) is 0 Å². The van der Waals surface area contributed by atoms with Crippen LogP contribution in [0.5, 0.6) is 0 Å². The molecule has 1 heterocycles. The molecule has 0 fully saturated rings. The van der Waals surface area contributed by atoms with Crippen LogP contribution in [-0.2, 0) is 29.5 Å². The Balaban J connectivity index is 2.19. The first-order chi connectivity index (χ1) is 9.96. The lowest BCUT2D eigenvalue weighted by Gasteiger charge is -2.10. The van der Waals surface area contributed by atoms with Crippen molar-refractivity contribution in [2.24, 2.45) is 5.73 Å². The van der Waals surface area contributed by atoms with E-state index in [1.807, 2.05) is 6.92 Å². The summed E-state index contributed by atoms with van der Waals surface area (Å²) in [5.74, 6) is 0.473. The highest BCUT2D eigenvalue weighted by atomic mass is 32.2. The first kappa shape index (κ1) is 15.7. The molecule has 0 bridgehead atoms. The van der Waals surface area contributed by atoms with Crippen molar-refractivity contribution in [3.63, 3.8) is 0 Å². The van der Waals surface area contributed by atoms with Gasteiger partial charge in [0, 0.05) is 12.6 Å². The van der Waals surface area contributed by atoms with E-state index in [1.54, 1.807) is 31.2 Å². The minimum atomic E-state index is -3.60. The quantitative estimate of drug-likeness (QED) is 0.842. The van der Waals surface area contributed by atoms with Gasteiger partial charge in [-0.1, -0.05) is 18.1 Å². The molecule has 0 aliphatic rings. The van der Waals surface area contributed by atoms with Gasteiger partial charge in [-0.25, -0.2) is 13.1 Å². The summed E-state index contributed by atoms with van der Waals surface area (Å²) in [4.78, 5) is 0.205. The van der Waals surface area contributed by atoms with E-state index in [-0.39, 0.29) is 11.4 Å². The maximum Gasteiger partial charge on any atom is 0.240 e. The molecule has 0 saturated heterocycles. The molecule has 6 nitrogen and oxygen atoms in total. The van der Waals surface area contributed by atoms with Gasteiger partial charge in [0.2, 0.25) is 10.0 Å². The number of hydrogen-bond acceptors (Lipinski definition) is 5. The third kappa shape index (κ3) is 3.69. The summed E-state index contributed by atoms with van der Waals surface area (Å²) in [6, 6.07) is 6.70. The minimum Gasteiger partial charge on any atom is -0.360 e. The Kier molecular flexibility index (Phi) is 4.76. The summed E-state index contributed by atoms with van der Waals surface area (Å²) in [7, 11) is -3.60. The Morgan fingerprint density at radius 3 is 2.62 bits per heavy atom. The van der Waals surface area contributed by atoms with Gasteiger partial charge in [0.05, 0.1) is 17.1 Å². The van der Waals surface area contributed by atoms with Gasteiger partial charge < -0.3 is 10.3 Å². The SMILES string of the molecule is CCc1ccc(S(=O)(=O)NCc2cc(C)no2)cc1CN. The van der Waals surface area contributed by atoms with Crippen molar-refractivity contribution in [1.82, 2.24) is 9.88 Å². The zero-order chi connectivity index (χ0) is 15.5. The lowest BCUT2D eigenvalue weighted by atomic mass is 10.1. The van der Waals surface area contributed by atoms with Crippen LogP contribution in [0.3, 0.4) is 0 Å². The topological polar surface area (TPSA) is 98.2 Å². The predicted molar refractivity (Wildman–Crippen MR) is 79.0 cm³/mol. The van der Waals surface area contributed by atoms with Crippen LogP contribution in [0.2, 0.25) is 0 Å². The molecule has 0 aliphatic heterocycles. The lowest BCUT2D eigenvalue weighted by Crippen LogP contribution is -2.23. The number of aryl methyl sites for hydroxylation is 2. The third-order valence-corrected chi connectivity index (χ3v) is 4.60. The van der Waals surface area contributed by atoms with Crippen LogP contribution in [0.15, 0.2) is 33.7 Å². The zero-order valence-electron chi connectivity index (χ0n) is 12.1. The van der Waals surface area contributed by atoms with E-state index in [0.29, 0.717) is 18.0 Å². The fourth-order valence-corrected chi connectivity index (χ4v) is 3.10. The molecule has 2 aromatic rings. The second-order valence-corrected chi connectivity index (χ2v) is 6.51. The zero-order valence-corrected chi connectivity index (χ0v) is 12.9. The first-order valence-electron chi connectivity index (χ1n) is 6.70. The number of nitrogens with two attached hydrogens (primary N) is 1. The van der Waals surface area contributed by atoms with Gasteiger partial charge in [0.25, 0.3) is 0 Å². The van der Waals surface area contributed by atoms with E-state index in [9.17, 15) is 8.42 Å². The number of hydrogen-bond donors (Lipinski definition) is 2. The van der Waals surface area contributed by atoms with Crippen molar-refractivity contribution < 1.29 is 12.9 Å². The molecule has 0 radical (unpaired) electrons. The molecule has 0 saturated carbocycles. The van der Waals surface area contributed by atoms with Crippen molar-refractivity contribution in [2.75, 3.05) is 0 Å². The average molecular weight is 309 g/mol. The number of aromatic nitrogens is 1. The van der Waals surface area contributed by atoms with Crippen LogP contribution < -0.4 is 10.5 Å². The van der Waals surface area contributed by atoms with Crippen molar-refractivity contribution in [2.45, 2.75) is 38.3 Å². The van der Waals surface area contributed by atoms with Gasteiger partial charge in [0.1, 0.15) is 0 Å². The number of sulfonamides is 1. The number of rotatable bonds is 6. The van der Waals surface area contributed by atoms with Crippen molar-refractivity contribution in [3.8, 4) is 0 Å². The highest BCUT2D eigenvalue weighted by molar-refractivity contribution is 7.89. The Bertz CT molecular complexity index is 723. The highest BCUT2D eigenvalue weighted by Gasteiger charge is 2.16. The van der Waals surface area contributed by atoms with Crippen molar-refractivity contribution >= 4 is 10.0 Å². The summed E-state index contributed by atoms with van der Waals surface area (Å²) in [6.45, 7) is 4.16. The standard InChI is InChI=1S/C14H19N3O3S/c1-3-11-4-5-14(7-12(11)8-15)21(18,19)16-9-13-6-10(2)17-20-13/h4-7,16H,3,8-9,15H2,1-2H3. The van der Waals surface area contributed by atoms with E-state index in [1.165, 1.54) is 0 Å². The highest BCUT2D eigenvalue weighted by Crippen LogP contribution is 2.17. The van der Waals surface area contributed by atoms with Crippen molar-refractivity contribution in [3.05, 3.63) is 46.8 Å². The maximum atomic E-state index is 12.3. The molecule has 0 unspecified atom stereocenters. The molecular weight excluding hydrogens is 290 g/mol. The van der Waals surface area contributed by atoms with Gasteiger partial charge in [-0.05, 0) is 36.6 Å². The Morgan fingerprint density at radius 1 is 1.29 bits per heavy atom. The number of nitrogens with one attached hydrogen (secondary N) is 1. The molecule has 0 aliphatic carbocycles. The molecule has 21 heavy (non-hydrogen) atoms. The minimum absolute atomic E-state index is 0.0661. The number of benzene rings is 1. The Hall–Kier alpha value is -1.70. The maximum absolute atomic E-state index is 12.3. The summed E-state index contributed by atoms with van der Waals surface area (Å²) >= 11 is 0. The molecule has 1 aromatic heterocycles. The molecule has 2 rings (SSSR count). The lowest BCUT2D eigenvalue weighted by molar-refractivity contribution is 0.377. The average Bonchev–Trinajstić information content (AvgIpc) is 2.90. The molecule has 0 atom stereocenters. The van der Waals surface area contributed by atoms with Crippen LogP contribution in [0.1, 0.15) is 29.5 Å². The van der Waals surface area contributed by atoms with Crippen LogP contribution in [-0.4, -0.2) is 13.6 Å². The molecule has 1 aromatic carbocycles. The van der Waals surface area contributed by atoms with Crippen molar-refractivity contribution in [1.29, 1.82) is 0 Å². The van der Waals surface area contributed by atoms with Gasteiger partial charge in [-0.2, -0.15) is 0 Å². The molecule has 7 heteroatoms. The second-order valence-electron chi connectivity index (χ2n) is 4.75. The smallest absolute Gasteiger partial charge is 0.240 e. The van der Waals surface area contributed by atoms with Gasteiger partial charge in [-0.15, -0.1) is 0 Å². The normalized spacial score (nSPS) is 11.8. The van der Waals surface area contributed by atoms with E-state index >= 15 is 0 Å². The molecular formula is C14H19N3O3S. The summed E-state index contributed by atoms with van der Waals surface area (Å²) in [5.41, 5.74) is 8.28. The van der Waals surface area contributed by atoms with E-state index < -0.39 is 10.0 Å². The first-order valence-corrected chi connectivity index (χ1v) is 8.18. The van der Waals surface area contributed by atoms with Crippen LogP contribution >= 0.6 is 0 Å². The fraction of sp³-hybridized carbons (Fsp3) is 0.357. The fourth-order valence-electron chi connectivity index (χ4n) is 2.05. The molecule has 0 spiro atoms. The Morgan fingerprint density at radius 2 is 2.05 bits per heavy atom. The van der Waals surface area contributed by atoms with E-state index in [0.717, 1.165) is 17.5 Å². The summed E-state index contributed by atoms with van der Waals surface area (Å²) in [5, 5.41) is 3.71. The third-order valence-electron chi connectivity index (χ3n) is 3.20. The van der Waals surface area contributed by atoms with E-state index in [2.05, 4.69) is 9.88 Å². The Labute approximate surface area is 124 Å². The van der Waals surface area contributed by atoms with Crippen LogP contribution in [0, 0.1) is 6.92 Å². The summed E-state index contributed by atoms with van der Waals surface area (Å²) in [6.07, 6.45) is 0.817. The second kappa shape index (κ2) is 6.38. The van der Waals surface area contributed by atoms with Gasteiger partial charge in [0.15, 0.2) is 5.76 Å². The molecule has 3 N–H and O–H groups in total. The predicted octanol–water partition coefficient (Wildman–Crippen LogP) is 1.48. The number of nitrogens with zero attached hydrogens (tertiary/aromatic N) is 1.